The molecule has 0 saturated carbocycles. The molecule has 4 N–H and O–H groups in total. The van der Waals surface area contributed by atoms with Gasteiger partial charge in [-0.15, -0.1) is 17.9 Å². The number of nitrogen functional groups attached to an aromatic ring is 1. The van der Waals surface area contributed by atoms with Gasteiger partial charge in [-0.2, -0.15) is 0 Å². The zero-order valence-corrected chi connectivity index (χ0v) is 13.5. The number of hydrogen-bond acceptors (Lipinski definition) is 5. The van der Waals surface area contributed by atoms with Crippen LogP contribution in [0, 0.1) is 0 Å². The van der Waals surface area contributed by atoms with Crippen molar-refractivity contribution in [2.75, 3.05) is 37.8 Å². The first-order valence-corrected chi connectivity index (χ1v) is 7.54. The summed E-state index contributed by atoms with van der Waals surface area (Å²) in [5.74, 6) is -0.580. The Bertz CT molecular complexity index is 539. The van der Waals surface area contributed by atoms with Gasteiger partial charge in [0, 0.05) is 27.2 Å². The highest BCUT2D eigenvalue weighted by atomic mass is 32.1. The molecule has 1 aromatic heterocycles. The molecule has 0 radical (unpaired) electrons. The van der Waals surface area contributed by atoms with E-state index in [1.807, 2.05) is 18.9 Å². The number of amides is 2. The summed E-state index contributed by atoms with van der Waals surface area (Å²) in [6.07, 6.45) is 2.52. The largest absolute Gasteiger partial charge is 0.397 e. The number of thiophene rings is 1. The second-order valence-electron chi connectivity index (χ2n) is 4.52. The van der Waals surface area contributed by atoms with Crippen molar-refractivity contribution in [3.8, 4) is 0 Å². The molecule has 0 fully saturated rings. The molecular formula is C14H22N4O2S. The number of carbonyl (C=O) groups is 2. The molecule has 0 saturated heterocycles. The number of nitrogens with zero attached hydrogens (tertiary/aromatic N) is 1. The highest BCUT2D eigenvalue weighted by Crippen LogP contribution is 2.37. The smallest absolute Gasteiger partial charge is 0.263 e. The number of hydrogen-bond donors (Lipinski definition) is 3. The van der Waals surface area contributed by atoms with E-state index in [1.165, 1.54) is 11.3 Å². The average molecular weight is 310 g/mol. The Hall–Kier alpha value is -2.02. The summed E-state index contributed by atoms with van der Waals surface area (Å²) in [5, 5.41) is 5.96. The number of carbonyl (C=O) groups excluding carboxylic acids is 2. The molecule has 0 unspecified atom stereocenters. The first-order chi connectivity index (χ1) is 9.97. The molecule has 0 bridgehead atoms. The summed E-state index contributed by atoms with van der Waals surface area (Å²) in [4.78, 5) is 26.5. The van der Waals surface area contributed by atoms with Gasteiger partial charge in [-0.1, -0.05) is 13.0 Å². The van der Waals surface area contributed by atoms with Gasteiger partial charge in [0.25, 0.3) is 11.8 Å². The SMILES string of the molecule is C=CCNC(=O)c1sc(N(C)CCC)c(C(=O)NC)c1N. The molecule has 21 heavy (non-hydrogen) atoms. The van der Waals surface area contributed by atoms with Gasteiger partial charge in [-0.25, -0.2) is 0 Å². The maximum absolute atomic E-state index is 12.1. The van der Waals surface area contributed by atoms with Crippen LogP contribution in [0.3, 0.4) is 0 Å². The van der Waals surface area contributed by atoms with Gasteiger partial charge in [0.2, 0.25) is 0 Å². The number of rotatable bonds is 7. The van der Waals surface area contributed by atoms with E-state index >= 15 is 0 Å². The Morgan fingerprint density at radius 1 is 1.43 bits per heavy atom. The molecule has 7 heteroatoms. The van der Waals surface area contributed by atoms with Crippen LogP contribution in [0.1, 0.15) is 33.4 Å². The molecule has 0 aliphatic heterocycles. The fourth-order valence-electron chi connectivity index (χ4n) is 1.90. The van der Waals surface area contributed by atoms with Crippen LogP contribution in [0.15, 0.2) is 12.7 Å². The van der Waals surface area contributed by atoms with E-state index in [1.54, 1.807) is 13.1 Å². The lowest BCUT2D eigenvalue weighted by Crippen LogP contribution is -2.25. The van der Waals surface area contributed by atoms with E-state index in [4.69, 9.17) is 5.73 Å². The Balaban J connectivity index is 3.26. The van der Waals surface area contributed by atoms with Gasteiger partial charge < -0.3 is 21.3 Å². The molecule has 1 aromatic rings. The third-order valence-corrected chi connectivity index (χ3v) is 4.22. The lowest BCUT2D eigenvalue weighted by molar-refractivity contribution is 0.0960. The molecular weight excluding hydrogens is 288 g/mol. The lowest BCUT2D eigenvalue weighted by atomic mass is 10.2. The first kappa shape index (κ1) is 17.0. The van der Waals surface area contributed by atoms with Crippen LogP contribution in [0.2, 0.25) is 0 Å². The molecule has 2 amide bonds. The second kappa shape index (κ2) is 7.68. The summed E-state index contributed by atoms with van der Waals surface area (Å²) >= 11 is 1.23. The van der Waals surface area contributed by atoms with Gasteiger partial charge in [-0.3, -0.25) is 9.59 Å². The second-order valence-corrected chi connectivity index (χ2v) is 5.52. The predicted octanol–water partition coefficient (Wildman–Crippen LogP) is 1.45. The van der Waals surface area contributed by atoms with Gasteiger partial charge in [0.1, 0.15) is 9.88 Å². The summed E-state index contributed by atoms with van der Waals surface area (Å²) in [7, 11) is 3.42. The molecule has 1 rings (SSSR count). The summed E-state index contributed by atoms with van der Waals surface area (Å²) in [5.41, 5.74) is 6.61. The molecule has 0 atom stereocenters. The van der Waals surface area contributed by atoms with Crippen molar-refractivity contribution in [3.05, 3.63) is 23.1 Å². The fraction of sp³-hybridized carbons (Fsp3) is 0.429. The van der Waals surface area contributed by atoms with E-state index in [-0.39, 0.29) is 17.5 Å². The van der Waals surface area contributed by atoms with Crippen LogP contribution >= 0.6 is 11.3 Å². The Labute approximate surface area is 129 Å². The summed E-state index contributed by atoms with van der Waals surface area (Å²) in [6.45, 7) is 6.73. The number of nitrogens with two attached hydrogens (primary N) is 1. The Kier molecular flexibility index (Phi) is 6.23. The monoisotopic (exact) mass is 310 g/mol. The van der Waals surface area contributed by atoms with Crippen LogP contribution in [-0.2, 0) is 0 Å². The van der Waals surface area contributed by atoms with Crippen molar-refractivity contribution in [3.63, 3.8) is 0 Å². The third-order valence-electron chi connectivity index (χ3n) is 2.90. The van der Waals surface area contributed by atoms with Crippen LogP contribution in [-0.4, -0.2) is 39.0 Å². The predicted molar refractivity (Wildman–Crippen MR) is 88.2 cm³/mol. The van der Waals surface area contributed by atoms with E-state index in [9.17, 15) is 9.59 Å². The Morgan fingerprint density at radius 3 is 2.62 bits per heavy atom. The molecule has 6 nitrogen and oxygen atoms in total. The van der Waals surface area contributed by atoms with Gasteiger partial charge >= 0.3 is 0 Å². The lowest BCUT2D eigenvalue weighted by Gasteiger charge is -2.17. The zero-order valence-electron chi connectivity index (χ0n) is 12.7. The third kappa shape index (κ3) is 3.75. The number of nitrogens with one attached hydrogen (secondary N) is 2. The molecule has 1 heterocycles. The van der Waals surface area contributed by atoms with E-state index in [0.29, 0.717) is 22.0 Å². The fourth-order valence-corrected chi connectivity index (χ4v) is 3.02. The molecule has 116 valence electrons. The van der Waals surface area contributed by atoms with Gasteiger partial charge in [-0.05, 0) is 6.42 Å². The normalized spacial score (nSPS) is 10.0. The molecule has 0 spiro atoms. The van der Waals surface area contributed by atoms with E-state index < -0.39 is 0 Å². The molecule has 0 aliphatic rings. The van der Waals surface area contributed by atoms with Gasteiger partial charge in [0.15, 0.2) is 0 Å². The van der Waals surface area contributed by atoms with Crippen molar-refractivity contribution in [2.24, 2.45) is 0 Å². The van der Waals surface area contributed by atoms with E-state index in [0.717, 1.165) is 13.0 Å². The maximum atomic E-state index is 12.1. The number of anilines is 2. The maximum Gasteiger partial charge on any atom is 0.263 e. The summed E-state index contributed by atoms with van der Waals surface area (Å²) < 4.78 is 0. The van der Waals surface area contributed by atoms with Crippen molar-refractivity contribution < 1.29 is 9.59 Å². The minimum atomic E-state index is -0.293. The summed E-state index contributed by atoms with van der Waals surface area (Å²) in [6, 6.07) is 0. The van der Waals surface area contributed by atoms with Crippen molar-refractivity contribution in [1.82, 2.24) is 10.6 Å². The van der Waals surface area contributed by atoms with Crippen LogP contribution in [0.4, 0.5) is 10.7 Å². The minimum Gasteiger partial charge on any atom is -0.397 e. The van der Waals surface area contributed by atoms with Crippen LogP contribution in [0.25, 0.3) is 0 Å². The van der Waals surface area contributed by atoms with Crippen LogP contribution < -0.4 is 21.3 Å². The Morgan fingerprint density at radius 2 is 2.10 bits per heavy atom. The van der Waals surface area contributed by atoms with Gasteiger partial charge in [0.05, 0.1) is 11.3 Å². The highest BCUT2D eigenvalue weighted by Gasteiger charge is 2.26. The highest BCUT2D eigenvalue weighted by molar-refractivity contribution is 7.19. The minimum absolute atomic E-state index is 0.221. The average Bonchev–Trinajstić information content (AvgIpc) is 2.82. The van der Waals surface area contributed by atoms with Crippen molar-refractivity contribution in [2.45, 2.75) is 13.3 Å². The van der Waals surface area contributed by atoms with Crippen LogP contribution in [0.5, 0.6) is 0 Å². The molecule has 0 aliphatic carbocycles. The van der Waals surface area contributed by atoms with E-state index in [2.05, 4.69) is 17.2 Å². The van der Waals surface area contributed by atoms with Crippen molar-refractivity contribution in [1.29, 1.82) is 0 Å². The topological polar surface area (TPSA) is 87.5 Å². The first-order valence-electron chi connectivity index (χ1n) is 6.72. The van der Waals surface area contributed by atoms with Crippen molar-refractivity contribution >= 4 is 33.8 Å². The standard InChI is InChI=1S/C14H22N4O2S/c1-5-7-17-13(20)11-10(15)9(12(19)16-3)14(21-11)18(4)8-6-2/h5H,1,6-8,15H2,2-4H3,(H,16,19)(H,17,20). The quantitative estimate of drug-likeness (QED) is 0.665. The molecule has 0 aromatic carbocycles. The zero-order chi connectivity index (χ0) is 16.0.